The number of thiazole rings is 1. The smallest absolute Gasteiger partial charge is 0.407 e. The lowest BCUT2D eigenvalue weighted by Crippen LogP contribution is -2.44. The Labute approximate surface area is 247 Å². The number of amides is 1. The number of anilines is 2. The van der Waals surface area contributed by atoms with Crippen molar-refractivity contribution in [2.24, 2.45) is 0 Å². The van der Waals surface area contributed by atoms with Gasteiger partial charge in [0.25, 0.3) is 0 Å². The molecule has 1 atom stereocenters. The van der Waals surface area contributed by atoms with Crippen LogP contribution in [-0.2, 0) is 6.54 Å². The quantitative estimate of drug-likeness (QED) is 0.183. The SMILES string of the molecule is Cc1nc(CNc2cccc3c(Oc4ncccc4-c4ccnc(N[C@H]5CCCN(C(=O)O)C5)n4)c(C)ccc23)cs1. The van der Waals surface area contributed by atoms with Gasteiger partial charge in [0.05, 0.1) is 28.5 Å². The molecule has 42 heavy (non-hydrogen) atoms. The molecule has 5 aromatic rings. The fraction of sp³-hybridized carbons (Fsp3) is 0.258. The topological polar surface area (TPSA) is 125 Å². The average Bonchev–Trinajstić information content (AvgIpc) is 3.42. The molecule has 1 amide bonds. The van der Waals surface area contributed by atoms with Crippen molar-refractivity contribution in [1.29, 1.82) is 0 Å². The van der Waals surface area contributed by atoms with E-state index < -0.39 is 6.09 Å². The first-order valence-corrected chi connectivity index (χ1v) is 14.7. The lowest BCUT2D eigenvalue weighted by Gasteiger charge is -2.31. The minimum Gasteiger partial charge on any atom is -0.465 e. The summed E-state index contributed by atoms with van der Waals surface area (Å²) in [5.41, 5.74) is 4.37. The molecule has 1 aliphatic heterocycles. The third-order valence-corrected chi connectivity index (χ3v) is 8.08. The summed E-state index contributed by atoms with van der Waals surface area (Å²) in [7, 11) is 0. The largest absolute Gasteiger partial charge is 0.465 e. The van der Waals surface area contributed by atoms with Gasteiger partial charge in [-0.2, -0.15) is 0 Å². The van der Waals surface area contributed by atoms with Gasteiger partial charge in [-0.25, -0.2) is 24.7 Å². The number of fused-ring (bicyclic) bond motifs is 1. The second-order valence-corrected chi connectivity index (χ2v) is 11.3. The number of likely N-dealkylation sites (tertiary alicyclic amines) is 1. The maximum atomic E-state index is 11.4. The second kappa shape index (κ2) is 12.0. The van der Waals surface area contributed by atoms with Gasteiger partial charge in [0, 0.05) is 53.4 Å². The van der Waals surface area contributed by atoms with Gasteiger partial charge in [-0.05, 0) is 56.5 Å². The van der Waals surface area contributed by atoms with Gasteiger partial charge < -0.3 is 25.4 Å². The first-order chi connectivity index (χ1) is 20.4. The number of piperidine rings is 1. The van der Waals surface area contributed by atoms with Gasteiger partial charge in [-0.3, -0.25) is 0 Å². The highest BCUT2D eigenvalue weighted by Gasteiger charge is 2.24. The summed E-state index contributed by atoms with van der Waals surface area (Å²) in [6, 6.07) is 15.8. The molecular weight excluding hydrogens is 550 g/mol. The Kier molecular flexibility index (Phi) is 7.83. The molecule has 1 fully saturated rings. The molecule has 10 nitrogen and oxygen atoms in total. The maximum absolute atomic E-state index is 11.4. The van der Waals surface area contributed by atoms with Crippen molar-refractivity contribution in [1.82, 2.24) is 24.8 Å². The fourth-order valence-corrected chi connectivity index (χ4v) is 5.81. The van der Waals surface area contributed by atoms with E-state index in [1.54, 1.807) is 23.7 Å². The number of nitrogens with zero attached hydrogens (tertiary/aromatic N) is 5. The van der Waals surface area contributed by atoms with Crippen LogP contribution in [0.15, 0.2) is 66.3 Å². The zero-order chi connectivity index (χ0) is 29.1. The van der Waals surface area contributed by atoms with Gasteiger partial charge >= 0.3 is 6.09 Å². The summed E-state index contributed by atoms with van der Waals surface area (Å²) in [6.45, 7) is 5.60. The van der Waals surface area contributed by atoms with E-state index in [4.69, 9.17) is 9.72 Å². The van der Waals surface area contributed by atoms with Gasteiger partial charge in [0.2, 0.25) is 11.8 Å². The van der Waals surface area contributed by atoms with Crippen molar-refractivity contribution in [3.63, 3.8) is 0 Å². The molecule has 0 radical (unpaired) electrons. The number of aromatic nitrogens is 4. The summed E-state index contributed by atoms with van der Waals surface area (Å²) < 4.78 is 6.56. The molecule has 214 valence electrons. The molecule has 3 N–H and O–H groups in total. The lowest BCUT2D eigenvalue weighted by atomic mass is 10.0. The summed E-state index contributed by atoms with van der Waals surface area (Å²) in [6.07, 6.45) is 4.11. The standard InChI is InChI=1S/C31H31N7O3S/c1-19-10-11-23-24(7-3-9-26(23)34-16-22-18-42-20(2)35-22)28(19)41-29-25(8-4-13-32-29)27-12-14-33-30(37-27)36-21-6-5-15-38(17-21)31(39)40/h3-4,7-14,18,21,34H,5-6,15-17H2,1-2H3,(H,39,40)(H,33,36,37)/t21-/m0/s1. The van der Waals surface area contributed by atoms with Crippen molar-refractivity contribution in [3.05, 3.63) is 82.6 Å². The van der Waals surface area contributed by atoms with Gasteiger partial charge in [0.15, 0.2) is 0 Å². The number of carbonyl (C=O) groups is 1. The molecule has 0 saturated carbocycles. The van der Waals surface area contributed by atoms with E-state index in [1.165, 1.54) is 4.90 Å². The van der Waals surface area contributed by atoms with Crippen LogP contribution in [-0.4, -0.2) is 55.2 Å². The number of nitrogens with one attached hydrogen (secondary N) is 2. The van der Waals surface area contributed by atoms with E-state index in [2.05, 4.69) is 55.2 Å². The number of benzene rings is 2. The Balaban J connectivity index is 1.27. The van der Waals surface area contributed by atoms with Crippen molar-refractivity contribution in [2.45, 2.75) is 39.3 Å². The first-order valence-electron chi connectivity index (χ1n) is 13.8. The van der Waals surface area contributed by atoms with Crippen LogP contribution in [0.4, 0.5) is 16.4 Å². The maximum Gasteiger partial charge on any atom is 0.407 e. The van der Waals surface area contributed by atoms with Crippen molar-refractivity contribution >= 4 is 39.8 Å². The molecule has 3 aromatic heterocycles. The highest BCUT2D eigenvalue weighted by molar-refractivity contribution is 7.09. The van der Waals surface area contributed by atoms with Gasteiger partial charge in [-0.1, -0.05) is 24.3 Å². The van der Waals surface area contributed by atoms with Crippen molar-refractivity contribution in [2.75, 3.05) is 23.7 Å². The fourth-order valence-electron chi connectivity index (χ4n) is 5.20. The van der Waals surface area contributed by atoms with Crippen LogP contribution >= 0.6 is 11.3 Å². The minimum atomic E-state index is -0.908. The number of pyridine rings is 1. The Hall–Kier alpha value is -4.77. The average molecular weight is 582 g/mol. The van der Waals surface area contributed by atoms with Crippen molar-refractivity contribution < 1.29 is 14.6 Å². The van der Waals surface area contributed by atoms with Crippen LogP contribution in [0, 0.1) is 13.8 Å². The molecule has 4 heterocycles. The number of carboxylic acid groups (broad SMARTS) is 1. The Morgan fingerprint density at radius 3 is 2.81 bits per heavy atom. The zero-order valence-corrected chi connectivity index (χ0v) is 24.2. The molecule has 0 spiro atoms. The predicted molar refractivity (Wildman–Crippen MR) is 164 cm³/mol. The molecule has 1 aliphatic rings. The van der Waals surface area contributed by atoms with E-state index in [9.17, 15) is 9.90 Å². The summed E-state index contributed by atoms with van der Waals surface area (Å²) in [5.74, 6) is 1.60. The van der Waals surface area contributed by atoms with Crippen molar-refractivity contribution in [3.8, 4) is 22.9 Å². The number of hydrogen-bond acceptors (Lipinski definition) is 9. The Bertz CT molecular complexity index is 1740. The Morgan fingerprint density at radius 1 is 1.07 bits per heavy atom. The lowest BCUT2D eigenvalue weighted by molar-refractivity contribution is 0.132. The van der Waals surface area contributed by atoms with Crippen LogP contribution in [0.25, 0.3) is 22.0 Å². The van der Waals surface area contributed by atoms with E-state index in [0.717, 1.165) is 56.9 Å². The number of aryl methyl sites for hydroxylation is 2. The van der Waals surface area contributed by atoms with E-state index in [0.29, 0.717) is 37.2 Å². The molecule has 2 aromatic carbocycles. The van der Waals surface area contributed by atoms with Crippen LogP contribution in [0.3, 0.4) is 0 Å². The summed E-state index contributed by atoms with van der Waals surface area (Å²) in [4.78, 5) is 31.1. The summed E-state index contributed by atoms with van der Waals surface area (Å²) in [5, 5.41) is 21.4. The van der Waals surface area contributed by atoms with Crippen LogP contribution in [0.5, 0.6) is 11.6 Å². The van der Waals surface area contributed by atoms with Gasteiger partial charge in [-0.15, -0.1) is 11.3 Å². The second-order valence-electron chi connectivity index (χ2n) is 10.3. The Morgan fingerprint density at radius 2 is 1.98 bits per heavy atom. The molecule has 0 aliphatic carbocycles. The van der Waals surface area contributed by atoms with Gasteiger partial charge in [0.1, 0.15) is 5.75 Å². The zero-order valence-electron chi connectivity index (χ0n) is 23.4. The third kappa shape index (κ3) is 5.96. The molecule has 6 rings (SSSR count). The molecule has 0 unspecified atom stereocenters. The molecular formula is C31H31N7O3S. The monoisotopic (exact) mass is 581 g/mol. The first kappa shape index (κ1) is 27.4. The minimum absolute atomic E-state index is 0.0598. The normalized spacial score (nSPS) is 15.0. The number of ether oxygens (including phenoxy) is 1. The van der Waals surface area contributed by atoms with Crippen LogP contribution in [0.1, 0.15) is 29.1 Å². The van der Waals surface area contributed by atoms with E-state index in [-0.39, 0.29) is 6.04 Å². The summed E-state index contributed by atoms with van der Waals surface area (Å²) >= 11 is 1.64. The van der Waals surface area contributed by atoms with Crippen LogP contribution < -0.4 is 15.4 Å². The third-order valence-electron chi connectivity index (χ3n) is 7.26. The molecule has 1 saturated heterocycles. The molecule has 11 heteroatoms. The molecule has 0 bridgehead atoms. The van der Waals surface area contributed by atoms with E-state index in [1.807, 2.05) is 38.1 Å². The highest BCUT2D eigenvalue weighted by Crippen LogP contribution is 2.38. The number of hydrogen-bond donors (Lipinski definition) is 3. The van der Waals surface area contributed by atoms with Crippen LogP contribution in [0.2, 0.25) is 0 Å². The van der Waals surface area contributed by atoms with E-state index >= 15 is 0 Å². The predicted octanol–water partition coefficient (Wildman–Crippen LogP) is 6.72. The highest BCUT2D eigenvalue weighted by atomic mass is 32.1. The number of rotatable bonds is 8.